The lowest BCUT2D eigenvalue weighted by Gasteiger charge is -2.01. The number of amides is 1. The number of hydrogen-bond acceptors (Lipinski definition) is 6. The maximum absolute atomic E-state index is 12.0. The summed E-state index contributed by atoms with van der Waals surface area (Å²) in [6.07, 6.45) is 0.805. The van der Waals surface area contributed by atoms with Crippen molar-refractivity contribution in [3.05, 3.63) is 34.2 Å². The van der Waals surface area contributed by atoms with Gasteiger partial charge in [-0.2, -0.15) is 8.42 Å². The number of hydrogen-bond donors (Lipinski definition) is 2. The van der Waals surface area contributed by atoms with Crippen molar-refractivity contribution in [2.24, 2.45) is 10.9 Å². The lowest BCUT2D eigenvalue weighted by atomic mass is 10.2. The van der Waals surface area contributed by atoms with Crippen molar-refractivity contribution in [2.75, 3.05) is 6.26 Å². The molecule has 2 rings (SSSR count). The largest absolute Gasteiger partial charge is 0.367 e. The van der Waals surface area contributed by atoms with Crippen molar-refractivity contribution in [3.8, 4) is 0 Å². The zero-order chi connectivity index (χ0) is 15.6. The third-order valence-electron chi connectivity index (χ3n) is 2.24. The summed E-state index contributed by atoms with van der Waals surface area (Å²) in [5.74, 6) is -1.00. The fraction of sp³-hybridized carbons (Fsp3) is 0.0909. The van der Waals surface area contributed by atoms with Crippen molar-refractivity contribution in [2.45, 2.75) is 0 Å². The van der Waals surface area contributed by atoms with Crippen molar-refractivity contribution in [1.29, 1.82) is 0 Å². The Hall–Kier alpha value is -1.84. The second kappa shape index (κ2) is 5.88. The smallest absolute Gasteiger partial charge is 0.325 e. The molecular formula is C11H10ClN3O4S2. The molecule has 3 N–H and O–H groups in total. The van der Waals surface area contributed by atoms with Crippen molar-refractivity contribution < 1.29 is 17.5 Å². The van der Waals surface area contributed by atoms with Crippen LogP contribution in [0.25, 0.3) is 10.1 Å². The highest BCUT2D eigenvalue weighted by atomic mass is 35.5. The third-order valence-corrected chi connectivity index (χ3v) is 4.02. The van der Waals surface area contributed by atoms with Gasteiger partial charge in [-0.15, -0.1) is 11.3 Å². The van der Waals surface area contributed by atoms with Crippen LogP contribution in [0.5, 0.6) is 0 Å². The van der Waals surface area contributed by atoms with Crippen LogP contribution in [-0.2, 0) is 14.4 Å². The molecule has 0 fully saturated rings. The summed E-state index contributed by atoms with van der Waals surface area (Å²) in [4.78, 5) is 12.3. The number of nitrogens with zero attached hydrogens (tertiary/aromatic N) is 1. The van der Waals surface area contributed by atoms with Gasteiger partial charge in [0.1, 0.15) is 0 Å². The Morgan fingerprint density at radius 3 is 2.81 bits per heavy atom. The Bertz CT molecular complexity index is 829. The van der Waals surface area contributed by atoms with Gasteiger partial charge in [-0.3, -0.25) is 14.4 Å². The molecule has 0 spiro atoms. The van der Waals surface area contributed by atoms with E-state index >= 15 is 0 Å². The number of carbonyl (C=O) groups excluding carboxylic acids is 1. The Morgan fingerprint density at radius 1 is 1.48 bits per heavy atom. The Labute approximate surface area is 129 Å². The normalized spacial score (nSPS) is 12.4. The molecule has 0 saturated carbocycles. The maximum Gasteiger partial charge on any atom is 0.325 e. The molecule has 0 aliphatic heterocycles. The molecule has 21 heavy (non-hydrogen) atoms. The number of carbonyl (C=O) groups is 1. The van der Waals surface area contributed by atoms with Gasteiger partial charge in [0, 0.05) is 15.1 Å². The van der Waals surface area contributed by atoms with Crippen LogP contribution in [-0.4, -0.2) is 26.5 Å². The van der Waals surface area contributed by atoms with E-state index in [9.17, 15) is 13.2 Å². The third kappa shape index (κ3) is 4.06. The molecule has 112 valence electrons. The molecular weight excluding hydrogens is 338 g/mol. The fourth-order valence-corrected chi connectivity index (χ4v) is 2.93. The molecule has 0 saturated heterocycles. The van der Waals surface area contributed by atoms with E-state index in [0.29, 0.717) is 9.90 Å². The molecule has 0 radical (unpaired) electrons. The number of rotatable bonds is 3. The van der Waals surface area contributed by atoms with E-state index in [4.69, 9.17) is 17.3 Å². The number of nitrogens with one attached hydrogen (secondary N) is 1. The molecule has 0 atom stereocenters. The Kier molecular flexibility index (Phi) is 4.35. The first kappa shape index (κ1) is 15.5. The van der Waals surface area contributed by atoms with Crippen LogP contribution < -0.4 is 11.1 Å². The van der Waals surface area contributed by atoms with E-state index in [0.717, 1.165) is 16.3 Å². The number of oxime groups is 1. The quantitative estimate of drug-likeness (QED) is 0.496. The SMILES string of the molecule is CS(=O)(=O)ON=C(N)NC(=O)c1cc2c(Cl)cccc2s1. The topological polar surface area (TPSA) is 111 Å². The number of guanidine groups is 1. The highest BCUT2D eigenvalue weighted by Gasteiger charge is 2.13. The van der Waals surface area contributed by atoms with Gasteiger partial charge in [0.25, 0.3) is 5.91 Å². The summed E-state index contributed by atoms with van der Waals surface area (Å²) < 4.78 is 26.4. The molecule has 0 bridgehead atoms. The number of benzene rings is 1. The van der Waals surface area contributed by atoms with Gasteiger partial charge >= 0.3 is 10.1 Å². The molecule has 0 aliphatic rings. The van der Waals surface area contributed by atoms with Crippen LogP contribution >= 0.6 is 22.9 Å². The monoisotopic (exact) mass is 347 g/mol. The Morgan fingerprint density at radius 2 is 2.19 bits per heavy atom. The second-order valence-corrected chi connectivity index (χ2v) is 7.02. The van der Waals surface area contributed by atoms with Crippen LogP contribution in [0.1, 0.15) is 9.67 Å². The molecule has 1 aromatic carbocycles. The van der Waals surface area contributed by atoms with Gasteiger partial charge in [0.2, 0.25) is 5.96 Å². The van der Waals surface area contributed by atoms with Gasteiger partial charge < -0.3 is 5.73 Å². The van der Waals surface area contributed by atoms with Crippen LogP contribution in [0.4, 0.5) is 0 Å². The van der Waals surface area contributed by atoms with Crippen molar-refractivity contribution in [3.63, 3.8) is 0 Å². The van der Waals surface area contributed by atoms with Crippen LogP contribution in [0.15, 0.2) is 29.4 Å². The minimum atomic E-state index is -3.78. The average Bonchev–Trinajstić information content (AvgIpc) is 2.81. The van der Waals surface area contributed by atoms with E-state index in [1.165, 1.54) is 11.3 Å². The maximum atomic E-state index is 12.0. The van der Waals surface area contributed by atoms with E-state index in [1.807, 2.05) is 6.07 Å². The van der Waals surface area contributed by atoms with Crippen LogP contribution in [0.2, 0.25) is 5.02 Å². The number of fused-ring (bicyclic) bond motifs is 1. The molecule has 1 amide bonds. The molecule has 0 unspecified atom stereocenters. The molecule has 1 heterocycles. The Balaban J connectivity index is 2.17. The summed E-state index contributed by atoms with van der Waals surface area (Å²) in [5.41, 5.74) is 5.35. The molecule has 0 aliphatic carbocycles. The minimum Gasteiger partial charge on any atom is -0.367 e. The summed E-state index contributed by atoms with van der Waals surface area (Å²) >= 11 is 7.24. The molecule has 2 aromatic rings. The standard InChI is InChI=1S/C11H10ClN3O4S2/c1-21(17,18)19-15-11(13)14-10(16)9-5-6-7(12)3-2-4-8(6)20-9/h2-5H,1H3,(H3,13,14,15,16). The predicted octanol–water partition coefficient (Wildman–Crippen LogP) is 1.49. The zero-order valence-corrected chi connectivity index (χ0v) is 13.1. The summed E-state index contributed by atoms with van der Waals surface area (Å²) in [5, 5.41) is 6.58. The second-order valence-electron chi connectivity index (χ2n) is 3.97. The van der Waals surface area contributed by atoms with E-state index in [-0.39, 0.29) is 0 Å². The van der Waals surface area contributed by atoms with Gasteiger partial charge in [-0.05, 0) is 23.4 Å². The van der Waals surface area contributed by atoms with Crippen molar-refractivity contribution >= 4 is 55.0 Å². The first-order chi connectivity index (χ1) is 9.76. The van der Waals surface area contributed by atoms with Gasteiger partial charge in [-0.25, -0.2) is 0 Å². The van der Waals surface area contributed by atoms with Crippen LogP contribution in [0.3, 0.4) is 0 Å². The summed E-state index contributed by atoms with van der Waals surface area (Å²) in [6.45, 7) is 0. The molecule has 1 aromatic heterocycles. The van der Waals surface area contributed by atoms with E-state index in [1.54, 1.807) is 18.2 Å². The molecule has 10 heteroatoms. The lowest BCUT2D eigenvalue weighted by Crippen LogP contribution is -2.36. The number of thiophene rings is 1. The number of halogens is 1. The first-order valence-electron chi connectivity index (χ1n) is 5.48. The predicted molar refractivity (Wildman–Crippen MR) is 81.9 cm³/mol. The minimum absolute atomic E-state index is 0.357. The zero-order valence-electron chi connectivity index (χ0n) is 10.7. The van der Waals surface area contributed by atoms with Crippen LogP contribution in [0, 0.1) is 0 Å². The molecule has 7 nitrogen and oxygen atoms in total. The van der Waals surface area contributed by atoms with Gasteiger partial charge in [0.15, 0.2) is 0 Å². The summed E-state index contributed by atoms with van der Waals surface area (Å²) in [7, 11) is -3.78. The van der Waals surface area contributed by atoms with Crippen molar-refractivity contribution in [1.82, 2.24) is 5.32 Å². The van der Waals surface area contributed by atoms with Gasteiger partial charge in [-0.1, -0.05) is 17.7 Å². The van der Waals surface area contributed by atoms with E-state index in [2.05, 4.69) is 14.8 Å². The highest BCUT2D eigenvalue weighted by molar-refractivity contribution is 7.85. The fourth-order valence-electron chi connectivity index (χ4n) is 1.45. The lowest BCUT2D eigenvalue weighted by molar-refractivity contribution is 0.0979. The summed E-state index contributed by atoms with van der Waals surface area (Å²) in [6, 6.07) is 6.93. The average molecular weight is 348 g/mol. The van der Waals surface area contributed by atoms with Gasteiger partial charge in [0.05, 0.1) is 11.1 Å². The number of nitrogens with two attached hydrogens (primary N) is 1. The first-order valence-corrected chi connectivity index (χ1v) is 8.49. The highest BCUT2D eigenvalue weighted by Crippen LogP contribution is 2.30. The van der Waals surface area contributed by atoms with E-state index < -0.39 is 22.0 Å².